The minimum Gasteiger partial charge on any atom is -0.317 e. The zero-order valence-electron chi connectivity index (χ0n) is 13.1. The maximum Gasteiger partial charge on any atom is 0.126 e. The summed E-state index contributed by atoms with van der Waals surface area (Å²) >= 11 is 0. The molecule has 112 valence electrons. The molecule has 0 amide bonds. The van der Waals surface area contributed by atoms with E-state index in [0.717, 1.165) is 24.6 Å². The summed E-state index contributed by atoms with van der Waals surface area (Å²) in [6.07, 6.45) is 5.18. The molecule has 20 heavy (non-hydrogen) atoms. The van der Waals surface area contributed by atoms with Gasteiger partial charge < -0.3 is 5.32 Å². The number of rotatable bonds is 5. The van der Waals surface area contributed by atoms with Crippen molar-refractivity contribution < 1.29 is 4.39 Å². The van der Waals surface area contributed by atoms with E-state index in [4.69, 9.17) is 0 Å². The maximum absolute atomic E-state index is 13.5. The maximum atomic E-state index is 13.5. The largest absolute Gasteiger partial charge is 0.317 e. The first-order chi connectivity index (χ1) is 9.65. The second-order valence-electron chi connectivity index (χ2n) is 6.27. The van der Waals surface area contributed by atoms with E-state index in [0.29, 0.717) is 11.8 Å². The second kappa shape index (κ2) is 7.21. The van der Waals surface area contributed by atoms with E-state index < -0.39 is 0 Å². The van der Waals surface area contributed by atoms with E-state index >= 15 is 0 Å². The molecular weight excluding hydrogens is 249 g/mol. The summed E-state index contributed by atoms with van der Waals surface area (Å²) in [5, 5.41) is 3.50. The van der Waals surface area contributed by atoms with Crippen molar-refractivity contribution in [1.82, 2.24) is 5.32 Å². The average Bonchev–Trinajstić information content (AvgIpc) is 2.48. The first-order valence-corrected chi connectivity index (χ1v) is 8.12. The Morgan fingerprint density at radius 3 is 2.70 bits per heavy atom. The van der Waals surface area contributed by atoms with Crippen LogP contribution in [0.25, 0.3) is 0 Å². The summed E-state index contributed by atoms with van der Waals surface area (Å²) in [5.41, 5.74) is 2.12. The highest BCUT2D eigenvalue weighted by molar-refractivity contribution is 5.28. The van der Waals surface area contributed by atoms with Gasteiger partial charge in [0.05, 0.1) is 0 Å². The van der Waals surface area contributed by atoms with Crippen molar-refractivity contribution >= 4 is 0 Å². The lowest BCUT2D eigenvalue weighted by Crippen LogP contribution is -2.32. The van der Waals surface area contributed by atoms with E-state index in [-0.39, 0.29) is 5.82 Å². The predicted molar refractivity (Wildman–Crippen MR) is 83.5 cm³/mol. The van der Waals surface area contributed by atoms with Crippen LogP contribution in [0.5, 0.6) is 0 Å². The Bertz CT molecular complexity index is 429. The molecule has 0 radical (unpaired) electrons. The Morgan fingerprint density at radius 1 is 1.25 bits per heavy atom. The topological polar surface area (TPSA) is 12.0 Å². The van der Waals surface area contributed by atoms with Gasteiger partial charge in [-0.05, 0) is 67.8 Å². The molecule has 1 saturated carbocycles. The molecular formula is C18H28FN. The molecule has 1 N–H and O–H groups in total. The van der Waals surface area contributed by atoms with Gasteiger partial charge in [0.1, 0.15) is 5.82 Å². The Labute approximate surface area is 123 Å². The van der Waals surface area contributed by atoms with Crippen LogP contribution in [0.4, 0.5) is 4.39 Å². The average molecular weight is 277 g/mol. The quantitative estimate of drug-likeness (QED) is 0.826. The molecule has 0 spiro atoms. The van der Waals surface area contributed by atoms with E-state index in [9.17, 15) is 4.39 Å². The van der Waals surface area contributed by atoms with Gasteiger partial charge in [0.15, 0.2) is 0 Å². The lowest BCUT2D eigenvalue weighted by molar-refractivity contribution is 0.226. The first-order valence-electron chi connectivity index (χ1n) is 8.12. The summed E-state index contributed by atoms with van der Waals surface area (Å²) < 4.78 is 13.5. The van der Waals surface area contributed by atoms with Crippen LogP contribution in [-0.4, -0.2) is 13.1 Å². The Hall–Kier alpha value is -0.890. The Balaban J connectivity index is 2.18. The van der Waals surface area contributed by atoms with E-state index in [1.54, 1.807) is 6.07 Å². The molecule has 1 aliphatic rings. The molecule has 0 heterocycles. The summed E-state index contributed by atoms with van der Waals surface area (Å²) in [4.78, 5) is 0. The SMILES string of the molecule is CCNCC1CCC(CC)CC1c1ccc(F)c(C)c1. The van der Waals surface area contributed by atoms with Crippen LogP contribution in [0, 0.1) is 24.6 Å². The highest BCUT2D eigenvalue weighted by atomic mass is 19.1. The zero-order chi connectivity index (χ0) is 14.5. The number of aryl methyl sites for hydroxylation is 1. The van der Waals surface area contributed by atoms with Crippen molar-refractivity contribution in [2.24, 2.45) is 11.8 Å². The number of hydrogen-bond donors (Lipinski definition) is 1. The van der Waals surface area contributed by atoms with Crippen molar-refractivity contribution in [3.05, 3.63) is 35.1 Å². The minimum atomic E-state index is -0.0835. The molecule has 0 saturated heterocycles. The smallest absolute Gasteiger partial charge is 0.126 e. The third kappa shape index (κ3) is 3.60. The van der Waals surface area contributed by atoms with Gasteiger partial charge >= 0.3 is 0 Å². The number of nitrogens with one attached hydrogen (secondary N) is 1. The molecule has 1 nitrogen and oxygen atoms in total. The van der Waals surface area contributed by atoms with Crippen LogP contribution >= 0.6 is 0 Å². The van der Waals surface area contributed by atoms with Gasteiger partial charge in [0.2, 0.25) is 0 Å². The van der Waals surface area contributed by atoms with Crippen molar-refractivity contribution in [2.45, 2.75) is 52.4 Å². The molecule has 0 bridgehead atoms. The highest BCUT2D eigenvalue weighted by Crippen LogP contribution is 2.41. The second-order valence-corrected chi connectivity index (χ2v) is 6.27. The van der Waals surface area contributed by atoms with Gasteiger partial charge in [0, 0.05) is 0 Å². The lowest BCUT2D eigenvalue weighted by Gasteiger charge is -2.36. The number of benzene rings is 1. The van der Waals surface area contributed by atoms with Crippen molar-refractivity contribution in [3.63, 3.8) is 0 Å². The van der Waals surface area contributed by atoms with Crippen LogP contribution in [0.2, 0.25) is 0 Å². The highest BCUT2D eigenvalue weighted by Gasteiger charge is 2.30. The minimum absolute atomic E-state index is 0.0835. The van der Waals surface area contributed by atoms with Crippen LogP contribution in [-0.2, 0) is 0 Å². The molecule has 3 atom stereocenters. The molecule has 1 aromatic carbocycles. The Morgan fingerprint density at radius 2 is 2.05 bits per heavy atom. The predicted octanol–water partition coefficient (Wildman–Crippen LogP) is 4.65. The molecule has 1 aromatic rings. The monoisotopic (exact) mass is 277 g/mol. The lowest BCUT2D eigenvalue weighted by atomic mass is 9.70. The van der Waals surface area contributed by atoms with Gasteiger partial charge in [-0.2, -0.15) is 0 Å². The third-order valence-electron chi connectivity index (χ3n) is 4.95. The standard InChI is InChI=1S/C18H28FN/c1-4-14-6-7-16(12-20-5-2)17(11-14)15-8-9-18(19)13(3)10-15/h8-10,14,16-17,20H,4-7,11-12H2,1-3H3. The van der Waals surface area contributed by atoms with Crippen molar-refractivity contribution in [2.75, 3.05) is 13.1 Å². The number of halogens is 1. The first kappa shape index (κ1) is 15.5. The van der Waals surface area contributed by atoms with Crippen LogP contribution in [0.15, 0.2) is 18.2 Å². The normalized spacial score (nSPS) is 26.7. The van der Waals surface area contributed by atoms with Gasteiger partial charge in [-0.25, -0.2) is 4.39 Å². The molecule has 0 aromatic heterocycles. The van der Waals surface area contributed by atoms with Crippen LogP contribution in [0.1, 0.15) is 56.6 Å². The number of hydrogen-bond acceptors (Lipinski definition) is 1. The van der Waals surface area contributed by atoms with Crippen LogP contribution in [0.3, 0.4) is 0 Å². The van der Waals surface area contributed by atoms with Gasteiger partial charge in [-0.1, -0.05) is 38.8 Å². The molecule has 2 heteroatoms. The molecule has 3 unspecified atom stereocenters. The molecule has 1 aliphatic carbocycles. The summed E-state index contributed by atoms with van der Waals surface area (Å²) in [7, 11) is 0. The van der Waals surface area contributed by atoms with E-state index in [1.165, 1.54) is 31.2 Å². The summed E-state index contributed by atoms with van der Waals surface area (Å²) in [5.74, 6) is 2.04. The van der Waals surface area contributed by atoms with E-state index in [1.807, 2.05) is 13.0 Å². The van der Waals surface area contributed by atoms with Crippen LogP contribution < -0.4 is 5.32 Å². The van der Waals surface area contributed by atoms with Gasteiger partial charge in [0.25, 0.3) is 0 Å². The fourth-order valence-electron chi connectivity index (χ4n) is 3.57. The van der Waals surface area contributed by atoms with Gasteiger partial charge in [-0.3, -0.25) is 0 Å². The fourth-order valence-corrected chi connectivity index (χ4v) is 3.57. The fraction of sp³-hybridized carbons (Fsp3) is 0.667. The summed E-state index contributed by atoms with van der Waals surface area (Å²) in [6.45, 7) is 8.45. The van der Waals surface area contributed by atoms with Gasteiger partial charge in [-0.15, -0.1) is 0 Å². The third-order valence-corrected chi connectivity index (χ3v) is 4.95. The molecule has 0 aliphatic heterocycles. The van der Waals surface area contributed by atoms with E-state index in [2.05, 4.69) is 25.2 Å². The zero-order valence-corrected chi connectivity index (χ0v) is 13.1. The Kier molecular flexibility index (Phi) is 5.59. The molecule has 1 fully saturated rings. The summed E-state index contributed by atoms with van der Waals surface area (Å²) in [6, 6.07) is 5.71. The van der Waals surface area contributed by atoms with Crippen molar-refractivity contribution in [1.29, 1.82) is 0 Å². The van der Waals surface area contributed by atoms with Crippen molar-refractivity contribution in [3.8, 4) is 0 Å². The molecule has 2 rings (SSSR count).